The molecule has 0 amide bonds. The van der Waals surface area contributed by atoms with Gasteiger partial charge in [-0.15, -0.1) is 0 Å². The standard InChI is InChI=1S/C14H18N2O/c1-4-12-9-16(10-15-12)13-7-6-11(3)8-14(13)17-5-2/h6-10H,4-5H2,1-3H3. The molecule has 0 saturated carbocycles. The highest BCUT2D eigenvalue weighted by Crippen LogP contribution is 2.24. The van der Waals surface area contributed by atoms with Crippen molar-refractivity contribution in [3.63, 3.8) is 0 Å². The van der Waals surface area contributed by atoms with Crippen molar-refractivity contribution in [2.45, 2.75) is 27.2 Å². The summed E-state index contributed by atoms with van der Waals surface area (Å²) in [6.07, 6.45) is 4.84. The SMILES string of the molecule is CCOc1cc(C)ccc1-n1cnc(CC)c1. The topological polar surface area (TPSA) is 27.1 Å². The quantitative estimate of drug-likeness (QED) is 0.806. The Labute approximate surface area is 102 Å². The second-order valence-electron chi connectivity index (χ2n) is 4.03. The van der Waals surface area contributed by atoms with Crippen LogP contribution in [0.4, 0.5) is 0 Å². The first kappa shape index (κ1) is 11.7. The van der Waals surface area contributed by atoms with Crippen LogP contribution < -0.4 is 4.74 Å². The van der Waals surface area contributed by atoms with Gasteiger partial charge in [0.15, 0.2) is 0 Å². The fourth-order valence-corrected chi connectivity index (χ4v) is 1.78. The van der Waals surface area contributed by atoms with E-state index in [1.165, 1.54) is 5.56 Å². The fourth-order valence-electron chi connectivity index (χ4n) is 1.78. The Balaban J connectivity index is 2.42. The summed E-state index contributed by atoms with van der Waals surface area (Å²) in [5.41, 5.74) is 3.34. The molecule has 0 N–H and O–H groups in total. The van der Waals surface area contributed by atoms with Crippen LogP contribution in [0.1, 0.15) is 25.1 Å². The molecule has 0 aliphatic heterocycles. The Morgan fingerprint density at radius 3 is 2.76 bits per heavy atom. The Kier molecular flexibility index (Phi) is 3.47. The third kappa shape index (κ3) is 2.49. The highest BCUT2D eigenvalue weighted by Gasteiger charge is 2.06. The maximum absolute atomic E-state index is 5.67. The molecule has 0 aliphatic rings. The predicted octanol–water partition coefficient (Wildman–Crippen LogP) is 3.14. The molecule has 0 fully saturated rings. The molecular weight excluding hydrogens is 212 g/mol. The Morgan fingerprint density at radius 1 is 1.29 bits per heavy atom. The molecular formula is C14H18N2O. The van der Waals surface area contributed by atoms with E-state index in [2.05, 4.69) is 37.0 Å². The Bertz CT molecular complexity index is 503. The number of rotatable bonds is 4. The van der Waals surface area contributed by atoms with Crippen molar-refractivity contribution in [3.05, 3.63) is 42.0 Å². The van der Waals surface area contributed by atoms with Gasteiger partial charge in [-0.1, -0.05) is 13.0 Å². The Morgan fingerprint density at radius 2 is 2.12 bits per heavy atom. The third-order valence-electron chi connectivity index (χ3n) is 2.69. The molecule has 2 rings (SSSR count). The van der Waals surface area contributed by atoms with Crippen molar-refractivity contribution in [3.8, 4) is 11.4 Å². The van der Waals surface area contributed by atoms with E-state index in [1.807, 2.05) is 24.0 Å². The van der Waals surface area contributed by atoms with Crippen molar-refractivity contribution in [2.24, 2.45) is 0 Å². The Hall–Kier alpha value is -1.77. The van der Waals surface area contributed by atoms with Gasteiger partial charge < -0.3 is 9.30 Å². The highest BCUT2D eigenvalue weighted by molar-refractivity contribution is 5.49. The fraction of sp³-hybridized carbons (Fsp3) is 0.357. The van der Waals surface area contributed by atoms with Gasteiger partial charge in [0.2, 0.25) is 0 Å². The first-order valence-corrected chi connectivity index (χ1v) is 6.01. The maximum atomic E-state index is 5.67. The number of aryl methyl sites for hydroxylation is 2. The lowest BCUT2D eigenvalue weighted by Gasteiger charge is -2.11. The average Bonchev–Trinajstić information content (AvgIpc) is 2.78. The number of nitrogens with zero attached hydrogens (tertiary/aromatic N) is 2. The van der Waals surface area contributed by atoms with E-state index >= 15 is 0 Å². The number of benzene rings is 1. The summed E-state index contributed by atoms with van der Waals surface area (Å²) in [6.45, 7) is 6.84. The molecule has 17 heavy (non-hydrogen) atoms. The van der Waals surface area contributed by atoms with E-state index in [4.69, 9.17) is 4.74 Å². The highest BCUT2D eigenvalue weighted by atomic mass is 16.5. The summed E-state index contributed by atoms with van der Waals surface area (Å²) < 4.78 is 7.68. The first-order valence-electron chi connectivity index (χ1n) is 6.01. The van der Waals surface area contributed by atoms with Gasteiger partial charge in [-0.05, 0) is 38.0 Å². The van der Waals surface area contributed by atoms with Crippen LogP contribution in [-0.2, 0) is 6.42 Å². The minimum atomic E-state index is 0.672. The zero-order valence-electron chi connectivity index (χ0n) is 10.6. The largest absolute Gasteiger partial charge is 0.492 e. The molecule has 3 heteroatoms. The van der Waals surface area contributed by atoms with Crippen LogP contribution >= 0.6 is 0 Å². The molecule has 1 aromatic carbocycles. The van der Waals surface area contributed by atoms with Gasteiger partial charge in [-0.2, -0.15) is 0 Å². The van der Waals surface area contributed by atoms with Crippen molar-refractivity contribution in [2.75, 3.05) is 6.61 Å². The van der Waals surface area contributed by atoms with Crippen LogP contribution in [0.15, 0.2) is 30.7 Å². The summed E-state index contributed by atoms with van der Waals surface area (Å²) in [5, 5.41) is 0. The second kappa shape index (κ2) is 5.04. The number of imidazole rings is 1. The third-order valence-corrected chi connectivity index (χ3v) is 2.69. The molecule has 0 radical (unpaired) electrons. The zero-order valence-corrected chi connectivity index (χ0v) is 10.6. The van der Waals surface area contributed by atoms with Gasteiger partial charge in [0.25, 0.3) is 0 Å². The molecule has 3 nitrogen and oxygen atoms in total. The van der Waals surface area contributed by atoms with E-state index in [-0.39, 0.29) is 0 Å². The van der Waals surface area contributed by atoms with Gasteiger partial charge in [0, 0.05) is 6.20 Å². The molecule has 0 atom stereocenters. The van der Waals surface area contributed by atoms with Gasteiger partial charge in [-0.3, -0.25) is 0 Å². The molecule has 0 aliphatic carbocycles. The lowest BCUT2D eigenvalue weighted by atomic mass is 10.2. The monoisotopic (exact) mass is 230 g/mol. The second-order valence-corrected chi connectivity index (χ2v) is 4.03. The molecule has 0 saturated heterocycles. The predicted molar refractivity (Wildman–Crippen MR) is 68.8 cm³/mol. The summed E-state index contributed by atoms with van der Waals surface area (Å²) in [4.78, 5) is 4.34. The van der Waals surface area contributed by atoms with Crippen molar-refractivity contribution < 1.29 is 4.74 Å². The minimum absolute atomic E-state index is 0.672. The molecule has 1 heterocycles. The summed E-state index contributed by atoms with van der Waals surface area (Å²) in [5.74, 6) is 0.910. The first-order chi connectivity index (χ1) is 8.24. The zero-order chi connectivity index (χ0) is 12.3. The number of hydrogen-bond donors (Lipinski definition) is 0. The van der Waals surface area contributed by atoms with E-state index in [0.29, 0.717) is 6.61 Å². The van der Waals surface area contributed by atoms with Crippen LogP contribution in [0.5, 0.6) is 5.75 Å². The van der Waals surface area contributed by atoms with Crippen molar-refractivity contribution in [1.29, 1.82) is 0 Å². The lowest BCUT2D eigenvalue weighted by Crippen LogP contribution is -1.99. The molecule has 0 spiro atoms. The maximum Gasteiger partial charge on any atom is 0.143 e. The summed E-state index contributed by atoms with van der Waals surface area (Å²) >= 11 is 0. The molecule has 90 valence electrons. The average molecular weight is 230 g/mol. The van der Waals surface area contributed by atoms with Gasteiger partial charge in [0.05, 0.1) is 24.3 Å². The van der Waals surface area contributed by atoms with E-state index in [9.17, 15) is 0 Å². The van der Waals surface area contributed by atoms with Gasteiger partial charge in [0.1, 0.15) is 5.75 Å². The molecule has 0 unspecified atom stereocenters. The normalized spacial score (nSPS) is 10.5. The molecule has 2 aromatic rings. The number of ether oxygens (including phenoxy) is 1. The molecule has 0 bridgehead atoms. The van der Waals surface area contributed by atoms with Gasteiger partial charge in [-0.25, -0.2) is 4.98 Å². The van der Waals surface area contributed by atoms with Crippen molar-refractivity contribution in [1.82, 2.24) is 9.55 Å². The van der Waals surface area contributed by atoms with Crippen molar-refractivity contribution >= 4 is 0 Å². The van der Waals surface area contributed by atoms with Crippen LogP contribution in [-0.4, -0.2) is 16.2 Å². The molecule has 1 aromatic heterocycles. The number of aromatic nitrogens is 2. The van der Waals surface area contributed by atoms with E-state index < -0.39 is 0 Å². The van der Waals surface area contributed by atoms with Crippen LogP contribution in [0, 0.1) is 6.92 Å². The van der Waals surface area contributed by atoms with E-state index in [1.54, 1.807) is 0 Å². The van der Waals surface area contributed by atoms with Crippen LogP contribution in [0.3, 0.4) is 0 Å². The number of hydrogen-bond acceptors (Lipinski definition) is 2. The van der Waals surface area contributed by atoms with E-state index in [0.717, 1.165) is 23.6 Å². The van der Waals surface area contributed by atoms with Crippen LogP contribution in [0.2, 0.25) is 0 Å². The smallest absolute Gasteiger partial charge is 0.143 e. The minimum Gasteiger partial charge on any atom is -0.492 e. The lowest BCUT2D eigenvalue weighted by molar-refractivity contribution is 0.339. The van der Waals surface area contributed by atoms with Crippen LogP contribution in [0.25, 0.3) is 5.69 Å². The van der Waals surface area contributed by atoms with Gasteiger partial charge >= 0.3 is 0 Å². The summed E-state index contributed by atoms with van der Waals surface area (Å²) in [6, 6.07) is 6.22. The summed E-state index contributed by atoms with van der Waals surface area (Å²) in [7, 11) is 0.